The number of nitrogens with one attached hydrogen (secondary N) is 1. The van der Waals surface area contributed by atoms with E-state index in [4.69, 9.17) is 5.11 Å². The van der Waals surface area contributed by atoms with Gasteiger partial charge in [-0.2, -0.15) is 0 Å². The first-order valence-electron chi connectivity index (χ1n) is 5.12. The van der Waals surface area contributed by atoms with Crippen molar-refractivity contribution in [2.45, 2.75) is 0 Å². The number of hydrogen-bond donors (Lipinski definition) is 2. The molecule has 0 aliphatic carbocycles. The van der Waals surface area contributed by atoms with E-state index < -0.39 is 5.97 Å². The highest BCUT2D eigenvalue weighted by atomic mass is 16.4. The Kier molecular flexibility index (Phi) is 2.23. The molecular weight excluding hydrogens is 234 g/mol. The fourth-order valence-electron chi connectivity index (χ4n) is 1.81. The van der Waals surface area contributed by atoms with Crippen molar-refractivity contribution in [3.63, 3.8) is 0 Å². The first-order valence-corrected chi connectivity index (χ1v) is 5.12. The van der Waals surface area contributed by atoms with Crippen LogP contribution in [-0.2, 0) is 0 Å². The van der Waals surface area contributed by atoms with Crippen LogP contribution in [0.15, 0.2) is 30.5 Å². The molecule has 0 amide bonds. The first kappa shape index (κ1) is 10.3. The molecule has 0 atom stereocenters. The number of carbonyl (C=O) groups is 1. The molecule has 0 fully saturated rings. The summed E-state index contributed by atoms with van der Waals surface area (Å²) in [7, 11) is 0. The molecule has 2 N–H and O–H groups in total. The Morgan fingerprint density at radius 3 is 2.67 bits per heavy atom. The van der Waals surface area contributed by atoms with Crippen LogP contribution in [0.25, 0.3) is 22.3 Å². The second kappa shape index (κ2) is 3.88. The van der Waals surface area contributed by atoms with Gasteiger partial charge < -0.3 is 5.11 Å². The predicted molar refractivity (Wildman–Crippen MR) is 61.9 cm³/mol. The van der Waals surface area contributed by atoms with E-state index in [2.05, 4.69) is 25.6 Å². The molecule has 7 nitrogen and oxygen atoms in total. The third-order valence-corrected chi connectivity index (χ3v) is 2.60. The van der Waals surface area contributed by atoms with Gasteiger partial charge in [0.15, 0.2) is 5.82 Å². The van der Waals surface area contributed by atoms with Crippen LogP contribution in [0.2, 0.25) is 0 Å². The number of carboxylic acid groups (broad SMARTS) is 1. The van der Waals surface area contributed by atoms with Gasteiger partial charge in [0.2, 0.25) is 0 Å². The van der Waals surface area contributed by atoms with E-state index >= 15 is 0 Å². The summed E-state index contributed by atoms with van der Waals surface area (Å²) in [6, 6.07) is 7.10. The maximum Gasteiger partial charge on any atom is 0.337 e. The SMILES string of the molecule is O=C(O)c1cnc(-c2nnn[nH]2)c2ccccc12. The zero-order valence-electron chi connectivity index (χ0n) is 9.03. The lowest BCUT2D eigenvalue weighted by molar-refractivity contribution is 0.0698. The third kappa shape index (κ3) is 1.49. The summed E-state index contributed by atoms with van der Waals surface area (Å²) < 4.78 is 0. The van der Waals surface area contributed by atoms with E-state index in [9.17, 15) is 4.79 Å². The number of fused-ring (bicyclic) bond motifs is 1. The Morgan fingerprint density at radius 1 is 1.22 bits per heavy atom. The average Bonchev–Trinajstić information content (AvgIpc) is 2.91. The van der Waals surface area contributed by atoms with Crippen molar-refractivity contribution in [1.82, 2.24) is 25.6 Å². The summed E-state index contributed by atoms with van der Waals surface area (Å²) in [5.74, 6) is -0.607. The normalized spacial score (nSPS) is 10.7. The molecule has 0 bridgehead atoms. The molecule has 0 aliphatic rings. The molecule has 0 spiro atoms. The number of carboxylic acids is 1. The van der Waals surface area contributed by atoms with E-state index in [-0.39, 0.29) is 5.56 Å². The zero-order chi connectivity index (χ0) is 12.5. The topological polar surface area (TPSA) is 105 Å². The molecule has 2 heterocycles. The van der Waals surface area contributed by atoms with Crippen LogP contribution in [0, 0.1) is 0 Å². The standard InChI is InChI=1S/C11H7N5O2/c17-11(18)8-5-12-9(10-13-15-16-14-10)7-4-2-1-3-6(7)8/h1-5H,(H,17,18)(H,13,14,15,16). The van der Waals surface area contributed by atoms with Crippen molar-refractivity contribution in [3.05, 3.63) is 36.0 Å². The van der Waals surface area contributed by atoms with E-state index in [1.54, 1.807) is 18.2 Å². The Morgan fingerprint density at radius 2 is 2.00 bits per heavy atom. The molecule has 0 saturated carbocycles. The minimum absolute atomic E-state index is 0.154. The van der Waals surface area contributed by atoms with Gasteiger partial charge in [-0.1, -0.05) is 24.3 Å². The number of hydrogen-bond acceptors (Lipinski definition) is 5. The molecule has 88 valence electrons. The summed E-state index contributed by atoms with van der Waals surface area (Å²) >= 11 is 0. The summed E-state index contributed by atoms with van der Waals surface area (Å²) in [5.41, 5.74) is 0.683. The Bertz CT molecular complexity index is 723. The van der Waals surface area contributed by atoms with Gasteiger partial charge in [-0.15, -0.1) is 5.10 Å². The quantitative estimate of drug-likeness (QED) is 0.696. The lowest BCUT2D eigenvalue weighted by Crippen LogP contribution is -2.00. The number of aromatic carboxylic acids is 1. The molecule has 3 aromatic rings. The van der Waals surface area contributed by atoms with Crippen LogP contribution in [0.1, 0.15) is 10.4 Å². The van der Waals surface area contributed by atoms with Crippen LogP contribution in [-0.4, -0.2) is 36.7 Å². The number of H-pyrrole nitrogens is 1. The van der Waals surface area contributed by atoms with E-state index in [0.29, 0.717) is 22.3 Å². The van der Waals surface area contributed by atoms with Gasteiger partial charge in [-0.25, -0.2) is 9.89 Å². The highest BCUT2D eigenvalue weighted by Crippen LogP contribution is 2.25. The molecule has 3 rings (SSSR count). The lowest BCUT2D eigenvalue weighted by atomic mass is 10.0. The lowest BCUT2D eigenvalue weighted by Gasteiger charge is -2.05. The second-order valence-corrected chi connectivity index (χ2v) is 3.62. The van der Waals surface area contributed by atoms with Crippen LogP contribution in [0.3, 0.4) is 0 Å². The van der Waals surface area contributed by atoms with Crippen LogP contribution in [0.4, 0.5) is 0 Å². The Hall–Kier alpha value is -2.83. The minimum atomic E-state index is -1.01. The molecular formula is C11H7N5O2. The maximum atomic E-state index is 11.1. The zero-order valence-corrected chi connectivity index (χ0v) is 9.03. The molecule has 7 heteroatoms. The van der Waals surface area contributed by atoms with Crippen molar-refractivity contribution in [2.24, 2.45) is 0 Å². The molecule has 0 unspecified atom stereocenters. The number of benzene rings is 1. The highest BCUT2D eigenvalue weighted by Gasteiger charge is 2.14. The molecule has 0 aliphatic heterocycles. The van der Waals surface area contributed by atoms with Crippen molar-refractivity contribution >= 4 is 16.7 Å². The van der Waals surface area contributed by atoms with E-state index in [1.165, 1.54) is 6.20 Å². The molecule has 18 heavy (non-hydrogen) atoms. The number of nitrogens with zero attached hydrogens (tertiary/aromatic N) is 4. The van der Waals surface area contributed by atoms with Crippen molar-refractivity contribution in [2.75, 3.05) is 0 Å². The smallest absolute Gasteiger partial charge is 0.337 e. The highest BCUT2D eigenvalue weighted by molar-refractivity contribution is 6.06. The Balaban J connectivity index is 2.37. The van der Waals surface area contributed by atoms with E-state index in [1.807, 2.05) is 6.07 Å². The summed E-state index contributed by atoms with van der Waals surface area (Å²) in [6.45, 7) is 0. The number of pyridine rings is 1. The molecule has 1 aromatic carbocycles. The van der Waals surface area contributed by atoms with Gasteiger partial charge in [-0.05, 0) is 10.4 Å². The summed E-state index contributed by atoms with van der Waals surface area (Å²) in [4.78, 5) is 15.2. The average molecular weight is 241 g/mol. The van der Waals surface area contributed by atoms with Crippen molar-refractivity contribution in [3.8, 4) is 11.5 Å². The maximum absolute atomic E-state index is 11.1. The number of aromatic amines is 1. The first-order chi connectivity index (χ1) is 8.77. The van der Waals surface area contributed by atoms with E-state index in [0.717, 1.165) is 0 Å². The number of rotatable bonds is 2. The van der Waals surface area contributed by atoms with Gasteiger partial charge in [0, 0.05) is 17.0 Å². The second-order valence-electron chi connectivity index (χ2n) is 3.62. The predicted octanol–water partition coefficient (Wildman–Crippen LogP) is 1.11. The Labute approximate surface area is 100 Å². The minimum Gasteiger partial charge on any atom is -0.478 e. The molecule has 2 aromatic heterocycles. The summed E-state index contributed by atoms with van der Waals surface area (Å²) in [6.07, 6.45) is 1.31. The van der Waals surface area contributed by atoms with Crippen molar-refractivity contribution in [1.29, 1.82) is 0 Å². The van der Waals surface area contributed by atoms with Gasteiger partial charge in [0.25, 0.3) is 0 Å². The fourth-order valence-corrected chi connectivity index (χ4v) is 1.81. The molecule has 0 radical (unpaired) electrons. The fraction of sp³-hybridized carbons (Fsp3) is 0. The monoisotopic (exact) mass is 241 g/mol. The van der Waals surface area contributed by atoms with Gasteiger partial charge in [-0.3, -0.25) is 4.98 Å². The largest absolute Gasteiger partial charge is 0.478 e. The van der Waals surface area contributed by atoms with Gasteiger partial charge in [0.1, 0.15) is 5.69 Å². The van der Waals surface area contributed by atoms with Gasteiger partial charge in [0.05, 0.1) is 5.56 Å². The van der Waals surface area contributed by atoms with Crippen LogP contribution >= 0.6 is 0 Å². The number of tetrazole rings is 1. The van der Waals surface area contributed by atoms with Crippen LogP contribution < -0.4 is 0 Å². The van der Waals surface area contributed by atoms with Crippen LogP contribution in [0.5, 0.6) is 0 Å². The third-order valence-electron chi connectivity index (χ3n) is 2.60. The summed E-state index contributed by atoms with van der Waals surface area (Å²) in [5, 5.41) is 23.8. The van der Waals surface area contributed by atoms with Gasteiger partial charge >= 0.3 is 5.97 Å². The van der Waals surface area contributed by atoms with Crippen molar-refractivity contribution < 1.29 is 9.90 Å². The number of aromatic nitrogens is 5. The molecule has 0 saturated heterocycles.